The Morgan fingerprint density at radius 3 is 2.53 bits per heavy atom. The summed E-state index contributed by atoms with van der Waals surface area (Å²) in [6.07, 6.45) is 3.62. The van der Waals surface area contributed by atoms with Gasteiger partial charge in [0.05, 0.1) is 12.0 Å². The minimum Gasteiger partial charge on any atom is -0.496 e. The van der Waals surface area contributed by atoms with Gasteiger partial charge >= 0.3 is 0 Å². The number of rotatable bonds is 6. The van der Waals surface area contributed by atoms with E-state index in [1.807, 2.05) is 0 Å². The van der Waals surface area contributed by atoms with Gasteiger partial charge in [0.25, 0.3) is 0 Å². The Morgan fingerprint density at radius 1 is 1.29 bits per heavy atom. The molecule has 0 aromatic heterocycles. The number of hydrogen-bond acceptors (Lipinski definition) is 4. The Morgan fingerprint density at radius 2 is 2.00 bits per heavy atom. The molecule has 1 aromatic rings. The Bertz CT molecular complexity index is 469. The van der Waals surface area contributed by atoms with E-state index < -0.39 is 9.84 Å². The molecule has 17 heavy (non-hydrogen) atoms. The molecule has 1 aromatic carbocycles. The topological polar surface area (TPSA) is 69.4 Å². The summed E-state index contributed by atoms with van der Waals surface area (Å²) in [5.41, 5.74) is 6.19. The normalized spacial score (nSPS) is 11.5. The molecule has 0 bridgehead atoms. The van der Waals surface area contributed by atoms with Crippen LogP contribution in [-0.4, -0.2) is 28.3 Å². The van der Waals surface area contributed by atoms with Gasteiger partial charge in [-0.15, -0.1) is 0 Å². The number of sulfone groups is 1. The van der Waals surface area contributed by atoms with Crippen LogP contribution < -0.4 is 10.5 Å². The fourth-order valence-electron chi connectivity index (χ4n) is 1.78. The van der Waals surface area contributed by atoms with E-state index >= 15 is 0 Å². The molecule has 5 heteroatoms. The van der Waals surface area contributed by atoms with E-state index in [0.717, 1.165) is 18.4 Å². The molecular formula is C12H19NO3S. The lowest BCUT2D eigenvalue weighted by Gasteiger charge is -2.12. The van der Waals surface area contributed by atoms with Crippen LogP contribution in [0.15, 0.2) is 23.1 Å². The molecule has 4 nitrogen and oxygen atoms in total. The van der Waals surface area contributed by atoms with E-state index in [1.54, 1.807) is 25.3 Å². The van der Waals surface area contributed by atoms with Crippen molar-refractivity contribution in [3.8, 4) is 5.75 Å². The maximum absolute atomic E-state index is 11.7. The van der Waals surface area contributed by atoms with Crippen LogP contribution in [0.4, 0.5) is 0 Å². The summed E-state index contributed by atoms with van der Waals surface area (Å²) in [6, 6.07) is 5.10. The van der Waals surface area contributed by atoms with Crippen LogP contribution in [0.25, 0.3) is 0 Å². The van der Waals surface area contributed by atoms with Crippen molar-refractivity contribution in [2.75, 3.05) is 19.9 Å². The van der Waals surface area contributed by atoms with Gasteiger partial charge in [-0.25, -0.2) is 8.42 Å². The summed E-state index contributed by atoms with van der Waals surface area (Å²) in [5, 5.41) is 0. The zero-order valence-electron chi connectivity index (χ0n) is 10.3. The molecular weight excluding hydrogens is 238 g/mol. The third-order valence-corrected chi connectivity index (χ3v) is 3.77. The quantitative estimate of drug-likeness (QED) is 0.782. The van der Waals surface area contributed by atoms with Crippen molar-refractivity contribution >= 4 is 9.84 Å². The van der Waals surface area contributed by atoms with Gasteiger partial charge in [-0.3, -0.25) is 0 Å². The predicted molar refractivity (Wildman–Crippen MR) is 68.1 cm³/mol. The van der Waals surface area contributed by atoms with Crippen molar-refractivity contribution in [2.45, 2.75) is 24.2 Å². The molecule has 0 heterocycles. The molecule has 2 N–H and O–H groups in total. The van der Waals surface area contributed by atoms with Crippen LogP contribution >= 0.6 is 0 Å². The van der Waals surface area contributed by atoms with Crippen molar-refractivity contribution in [2.24, 2.45) is 5.73 Å². The molecule has 0 spiro atoms. The Labute approximate surface area is 103 Å². The first-order valence-corrected chi connectivity index (χ1v) is 7.46. The van der Waals surface area contributed by atoms with Crippen LogP contribution in [0.2, 0.25) is 0 Å². The molecule has 0 aliphatic carbocycles. The number of ether oxygens (including phenoxy) is 1. The van der Waals surface area contributed by atoms with E-state index in [1.165, 1.54) is 6.26 Å². The summed E-state index contributed by atoms with van der Waals surface area (Å²) in [7, 11) is -1.67. The number of hydrogen-bond donors (Lipinski definition) is 1. The van der Waals surface area contributed by atoms with Crippen LogP contribution in [0.3, 0.4) is 0 Å². The molecule has 0 aliphatic rings. The highest BCUT2D eigenvalue weighted by molar-refractivity contribution is 7.90. The molecule has 0 unspecified atom stereocenters. The second kappa shape index (κ2) is 6.02. The summed E-state index contributed by atoms with van der Waals surface area (Å²) >= 11 is 0. The average Bonchev–Trinajstić information content (AvgIpc) is 2.28. The molecule has 0 aliphatic heterocycles. The average molecular weight is 257 g/mol. The van der Waals surface area contributed by atoms with E-state index in [2.05, 4.69) is 0 Å². The Hall–Kier alpha value is -1.07. The Kier molecular flexibility index (Phi) is 4.96. The summed E-state index contributed by atoms with van der Waals surface area (Å²) in [6.45, 7) is 0.614. The van der Waals surface area contributed by atoms with Gasteiger partial charge in [-0.2, -0.15) is 0 Å². The van der Waals surface area contributed by atoms with E-state index in [9.17, 15) is 8.42 Å². The van der Waals surface area contributed by atoms with Gasteiger partial charge in [-0.1, -0.05) is 6.07 Å². The lowest BCUT2D eigenvalue weighted by Crippen LogP contribution is -2.06. The third kappa shape index (κ3) is 3.71. The van der Waals surface area contributed by atoms with Gasteiger partial charge in [0.15, 0.2) is 9.84 Å². The first-order valence-electron chi connectivity index (χ1n) is 5.56. The smallest absolute Gasteiger partial charge is 0.175 e. The van der Waals surface area contributed by atoms with Crippen LogP contribution in [0.1, 0.15) is 18.4 Å². The maximum atomic E-state index is 11.7. The van der Waals surface area contributed by atoms with Crippen molar-refractivity contribution in [1.29, 1.82) is 0 Å². The first-order chi connectivity index (χ1) is 8.00. The van der Waals surface area contributed by atoms with Crippen LogP contribution in [0.5, 0.6) is 5.75 Å². The molecule has 96 valence electrons. The van der Waals surface area contributed by atoms with E-state index in [-0.39, 0.29) is 0 Å². The van der Waals surface area contributed by atoms with Gasteiger partial charge in [-0.05, 0) is 37.9 Å². The van der Waals surface area contributed by atoms with Crippen LogP contribution in [0, 0.1) is 0 Å². The monoisotopic (exact) mass is 257 g/mol. The second-order valence-electron chi connectivity index (χ2n) is 3.95. The third-order valence-electron chi connectivity index (χ3n) is 2.59. The highest BCUT2D eigenvalue weighted by Gasteiger charge is 2.16. The number of benzene rings is 1. The fourth-order valence-corrected chi connectivity index (χ4v) is 2.75. The summed E-state index contributed by atoms with van der Waals surface area (Å²) in [5.74, 6) is 0.630. The maximum Gasteiger partial charge on any atom is 0.175 e. The largest absolute Gasteiger partial charge is 0.496 e. The minimum atomic E-state index is -3.21. The van der Waals surface area contributed by atoms with E-state index in [4.69, 9.17) is 10.5 Å². The van der Waals surface area contributed by atoms with E-state index in [0.29, 0.717) is 23.6 Å². The molecule has 1 rings (SSSR count). The first kappa shape index (κ1) is 14.0. The molecule has 0 radical (unpaired) electrons. The van der Waals surface area contributed by atoms with Crippen molar-refractivity contribution in [1.82, 2.24) is 0 Å². The zero-order valence-corrected chi connectivity index (χ0v) is 11.1. The number of methoxy groups -OCH3 is 1. The van der Waals surface area contributed by atoms with Crippen molar-refractivity contribution in [3.05, 3.63) is 23.8 Å². The SMILES string of the molecule is COc1cccc(S(C)(=O)=O)c1CCCCN. The lowest BCUT2D eigenvalue weighted by molar-refractivity contribution is 0.407. The molecule has 0 saturated carbocycles. The second-order valence-corrected chi connectivity index (χ2v) is 5.94. The van der Waals surface area contributed by atoms with Gasteiger partial charge in [0, 0.05) is 11.8 Å². The number of nitrogens with two attached hydrogens (primary N) is 1. The number of unbranched alkanes of at least 4 members (excludes halogenated alkanes) is 1. The van der Waals surface area contributed by atoms with Gasteiger partial charge < -0.3 is 10.5 Å². The fraction of sp³-hybridized carbons (Fsp3) is 0.500. The van der Waals surface area contributed by atoms with Crippen molar-refractivity contribution in [3.63, 3.8) is 0 Å². The Balaban J connectivity index is 3.12. The predicted octanol–water partition coefficient (Wildman–Crippen LogP) is 1.38. The zero-order chi connectivity index (χ0) is 12.9. The highest BCUT2D eigenvalue weighted by atomic mass is 32.2. The molecule has 0 amide bonds. The van der Waals surface area contributed by atoms with Crippen molar-refractivity contribution < 1.29 is 13.2 Å². The molecule has 0 saturated heterocycles. The standard InChI is InChI=1S/C12H19NO3S/c1-16-11-7-5-8-12(17(2,14)15)10(11)6-3-4-9-13/h5,7-8H,3-4,6,9,13H2,1-2H3. The van der Waals surface area contributed by atoms with Crippen LogP contribution in [-0.2, 0) is 16.3 Å². The van der Waals surface area contributed by atoms with Gasteiger partial charge in [0.2, 0.25) is 0 Å². The lowest BCUT2D eigenvalue weighted by atomic mass is 10.1. The summed E-state index contributed by atoms with van der Waals surface area (Å²) in [4.78, 5) is 0.355. The van der Waals surface area contributed by atoms with Gasteiger partial charge in [0.1, 0.15) is 5.75 Å². The summed E-state index contributed by atoms with van der Waals surface area (Å²) < 4.78 is 28.6. The minimum absolute atomic E-state index is 0.355. The highest BCUT2D eigenvalue weighted by Crippen LogP contribution is 2.27. The molecule has 0 fully saturated rings. The molecule has 0 atom stereocenters.